The monoisotopic (exact) mass is 393 g/mol. The second kappa shape index (κ2) is 8.31. The number of Topliss-reactive ketones (excluding diaryl/α,β-unsaturated/α-hetero) is 1. The Hall–Kier alpha value is -3.41. The van der Waals surface area contributed by atoms with Crippen molar-refractivity contribution in [1.82, 2.24) is 0 Å². The number of aliphatic hydroxyl groups excluding tert-OH is 1. The Kier molecular flexibility index (Phi) is 5.82. The number of ether oxygens (including phenoxy) is 1. The van der Waals surface area contributed by atoms with Gasteiger partial charge in [-0.15, -0.1) is 0 Å². The van der Waals surface area contributed by atoms with Gasteiger partial charge in [-0.1, -0.05) is 38.1 Å². The lowest BCUT2D eigenvalue weighted by Crippen LogP contribution is -2.31. The highest BCUT2D eigenvalue weighted by Crippen LogP contribution is 2.41. The first-order valence-electron chi connectivity index (χ1n) is 9.54. The van der Waals surface area contributed by atoms with E-state index in [0.717, 1.165) is 12.0 Å². The molecular weight excluding hydrogens is 370 g/mol. The minimum Gasteiger partial charge on any atom is -0.503 e. The average molecular weight is 393 g/mol. The molecule has 1 amide bonds. The van der Waals surface area contributed by atoms with Crippen LogP contribution in [-0.4, -0.2) is 22.8 Å². The minimum absolute atomic E-state index is 0.0808. The first-order chi connectivity index (χ1) is 13.9. The van der Waals surface area contributed by atoms with Crippen molar-refractivity contribution >= 4 is 23.3 Å². The highest BCUT2D eigenvalue weighted by molar-refractivity contribution is 6.16. The van der Waals surface area contributed by atoms with E-state index >= 15 is 0 Å². The Bertz CT molecular complexity index is 973. The van der Waals surface area contributed by atoms with Gasteiger partial charge in [0.1, 0.15) is 5.75 Å². The number of esters is 1. The van der Waals surface area contributed by atoms with Crippen molar-refractivity contribution in [3.63, 3.8) is 0 Å². The first-order valence-corrected chi connectivity index (χ1v) is 9.54. The van der Waals surface area contributed by atoms with Crippen LogP contribution >= 0.6 is 0 Å². The molecule has 0 aromatic heterocycles. The van der Waals surface area contributed by atoms with Gasteiger partial charge in [0.05, 0.1) is 11.6 Å². The zero-order valence-corrected chi connectivity index (χ0v) is 16.6. The lowest BCUT2D eigenvalue weighted by atomic mass is 9.94. The topological polar surface area (TPSA) is 83.9 Å². The third-order valence-corrected chi connectivity index (χ3v) is 4.91. The molecule has 1 heterocycles. The van der Waals surface area contributed by atoms with E-state index in [9.17, 15) is 19.5 Å². The first kappa shape index (κ1) is 20.3. The van der Waals surface area contributed by atoms with Crippen molar-refractivity contribution in [2.45, 2.75) is 39.7 Å². The lowest BCUT2D eigenvalue weighted by molar-refractivity contribution is -0.131. The van der Waals surface area contributed by atoms with E-state index in [-0.39, 0.29) is 17.8 Å². The highest BCUT2D eigenvalue weighted by Gasteiger charge is 2.43. The number of carbonyl (C=O) groups excluding carboxylic acids is 3. The van der Waals surface area contributed by atoms with Crippen LogP contribution in [0.5, 0.6) is 5.75 Å². The third kappa shape index (κ3) is 3.92. The fraction of sp³-hybridized carbons (Fsp3) is 0.261. The molecule has 1 aliphatic rings. The summed E-state index contributed by atoms with van der Waals surface area (Å²) < 4.78 is 5.06. The molecule has 0 fully saturated rings. The molecule has 29 heavy (non-hydrogen) atoms. The number of benzene rings is 2. The van der Waals surface area contributed by atoms with E-state index in [1.807, 2.05) is 31.2 Å². The van der Waals surface area contributed by atoms with Crippen LogP contribution in [0.2, 0.25) is 0 Å². The van der Waals surface area contributed by atoms with Crippen LogP contribution in [-0.2, 0) is 20.8 Å². The van der Waals surface area contributed by atoms with Gasteiger partial charge < -0.3 is 9.84 Å². The summed E-state index contributed by atoms with van der Waals surface area (Å²) in [5, 5.41) is 10.5. The number of amides is 1. The Labute approximate surface area is 169 Å². The SMILES string of the molecule is CCC(=O)C1=C(O)C(=O)N(c2ccc(CC)cc2)C1c1ccc(OC(C)=O)cc1. The summed E-state index contributed by atoms with van der Waals surface area (Å²) in [4.78, 5) is 38.0. The average Bonchev–Trinajstić information content (AvgIpc) is 2.98. The number of anilines is 1. The molecule has 0 bridgehead atoms. The van der Waals surface area contributed by atoms with Crippen molar-refractivity contribution in [2.75, 3.05) is 4.90 Å². The highest BCUT2D eigenvalue weighted by atomic mass is 16.5. The van der Waals surface area contributed by atoms with Crippen LogP contribution < -0.4 is 9.64 Å². The second-order valence-electron chi connectivity index (χ2n) is 6.80. The summed E-state index contributed by atoms with van der Waals surface area (Å²) in [6.45, 7) is 5.03. The normalized spacial score (nSPS) is 16.3. The van der Waals surface area contributed by atoms with Crippen LogP contribution in [0.3, 0.4) is 0 Å². The van der Waals surface area contributed by atoms with Crippen LogP contribution in [0.25, 0.3) is 0 Å². The molecule has 1 aliphatic heterocycles. The second-order valence-corrected chi connectivity index (χ2v) is 6.80. The maximum absolute atomic E-state index is 12.9. The molecule has 1 unspecified atom stereocenters. The predicted molar refractivity (Wildman–Crippen MR) is 109 cm³/mol. The number of hydrogen-bond donors (Lipinski definition) is 1. The molecule has 6 nitrogen and oxygen atoms in total. The van der Waals surface area contributed by atoms with E-state index in [0.29, 0.717) is 17.0 Å². The third-order valence-electron chi connectivity index (χ3n) is 4.91. The number of hydrogen-bond acceptors (Lipinski definition) is 5. The van der Waals surface area contributed by atoms with Crippen molar-refractivity contribution in [1.29, 1.82) is 0 Å². The number of aryl methyl sites for hydroxylation is 1. The Morgan fingerprint density at radius 1 is 1.03 bits per heavy atom. The van der Waals surface area contributed by atoms with Gasteiger partial charge in [-0.3, -0.25) is 19.3 Å². The maximum atomic E-state index is 12.9. The summed E-state index contributed by atoms with van der Waals surface area (Å²) in [6, 6.07) is 13.3. The van der Waals surface area contributed by atoms with Gasteiger partial charge in [0.25, 0.3) is 5.91 Å². The summed E-state index contributed by atoms with van der Waals surface area (Å²) in [5.74, 6) is -1.50. The lowest BCUT2D eigenvalue weighted by Gasteiger charge is -2.27. The summed E-state index contributed by atoms with van der Waals surface area (Å²) >= 11 is 0. The molecule has 3 rings (SSSR count). The smallest absolute Gasteiger partial charge is 0.308 e. The van der Waals surface area contributed by atoms with Crippen LogP contribution in [0.1, 0.15) is 44.4 Å². The number of nitrogens with zero attached hydrogens (tertiary/aromatic N) is 1. The number of carbonyl (C=O) groups is 3. The van der Waals surface area contributed by atoms with Gasteiger partial charge in [-0.2, -0.15) is 0 Å². The van der Waals surface area contributed by atoms with Gasteiger partial charge in [0, 0.05) is 19.0 Å². The quantitative estimate of drug-likeness (QED) is 0.591. The van der Waals surface area contributed by atoms with E-state index in [4.69, 9.17) is 4.74 Å². The summed E-state index contributed by atoms with van der Waals surface area (Å²) in [7, 11) is 0. The maximum Gasteiger partial charge on any atom is 0.308 e. The molecule has 0 aliphatic carbocycles. The molecule has 2 aromatic rings. The van der Waals surface area contributed by atoms with Crippen LogP contribution in [0, 0.1) is 0 Å². The zero-order chi connectivity index (χ0) is 21.1. The van der Waals surface area contributed by atoms with E-state index in [1.165, 1.54) is 11.8 Å². The predicted octanol–water partition coefficient (Wildman–Crippen LogP) is 4.05. The van der Waals surface area contributed by atoms with E-state index in [1.54, 1.807) is 31.2 Å². The van der Waals surface area contributed by atoms with Crippen molar-refractivity contribution in [3.8, 4) is 5.75 Å². The molecule has 0 radical (unpaired) electrons. The van der Waals surface area contributed by atoms with Crippen LogP contribution in [0.4, 0.5) is 5.69 Å². The fourth-order valence-corrected chi connectivity index (χ4v) is 3.44. The number of rotatable bonds is 6. The number of ketones is 1. The molecular formula is C23H23NO5. The van der Waals surface area contributed by atoms with Gasteiger partial charge >= 0.3 is 5.97 Å². The molecule has 6 heteroatoms. The molecule has 0 saturated heterocycles. The molecule has 0 saturated carbocycles. The molecule has 1 atom stereocenters. The minimum atomic E-state index is -0.756. The molecule has 1 N–H and O–H groups in total. The van der Waals surface area contributed by atoms with Gasteiger partial charge in [0.2, 0.25) is 0 Å². The van der Waals surface area contributed by atoms with Gasteiger partial charge in [0.15, 0.2) is 11.5 Å². The summed E-state index contributed by atoms with van der Waals surface area (Å²) in [5.41, 5.74) is 2.42. The van der Waals surface area contributed by atoms with Gasteiger partial charge in [-0.05, 0) is 41.8 Å². The Morgan fingerprint density at radius 3 is 2.17 bits per heavy atom. The van der Waals surface area contributed by atoms with E-state index in [2.05, 4.69) is 0 Å². The molecule has 150 valence electrons. The van der Waals surface area contributed by atoms with Crippen LogP contribution in [0.15, 0.2) is 59.9 Å². The largest absolute Gasteiger partial charge is 0.503 e. The zero-order valence-electron chi connectivity index (χ0n) is 16.6. The van der Waals surface area contributed by atoms with E-state index < -0.39 is 23.7 Å². The van der Waals surface area contributed by atoms with Gasteiger partial charge in [-0.25, -0.2) is 0 Å². The van der Waals surface area contributed by atoms with Crippen molar-refractivity contribution in [3.05, 3.63) is 71.0 Å². The summed E-state index contributed by atoms with van der Waals surface area (Å²) in [6.07, 6.45) is 1.02. The van der Waals surface area contributed by atoms with Crippen molar-refractivity contribution < 1.29 is 24.2 Å². The Morgan fingerprint density at radius 2 is 1.66 bits per heavy atom. The van der Waals surface area contributed by atoms with Crippen molar-refractivity contribution in [2.24, 2.45) is 0 Å². The Balaban J connectivity index is 2.08. The fourth-order valence-electron chi connectivity index (χ4n) is 3.44. The standard InChI is InChI=1S/C23H23NO5/c1-4-15-6-10-17(11-7-15)24-21(20(19(26)5-2)22(27)23(24)28)16-8-12-18(13-9-16)29-14(3)25/h6-13,21,27H,4-5H2,1-3H3. The number of aliphatic hydroxyl groups is 1. The molecule has 0 spiro atoms. The molecule has 2 aromatic carbocycles.